The Morgan fingerprint density at radius 2 is 1.95 bits per heavy atom. The van der Waals surface area contributed by atoms with Crippen molar-refractivity contribution in [3.05, 3.63) is 47.8 Å². The third-order valence-electron chi connectivity index (χ3n) is 6.90. The second-order valence-electron chi connectivity index (χ2n) is 9.55. The van der Waals surface area contributed by atoms with Gasteiger partial charge in [-0.15, -0.1) is 0 Å². The van der Waals surface area contributed by atoms with Gasteiger partial charge in [0.15, 0.2) is 0 Å². The van der Waals surface area contributed by atoms with Crippen LogP contribution in [0.15, 0.2) is 36.7 Å². The molecule has 1 saturated heterocycles. The predicted octanol–water partition coefficient (Wildman–Crippen LogP) is 3.46. The van der Waals surface area contributed by atoms with E-state index in [9.17, 15) is 8.42 Å². The normalized spacial score (nSPS) is 17.8. The lowest BCUT2D eigenvalue weighted by Gasteiger charge is -2.31. The van der Waals surface area contributed by atoms with E-state index >= 15 is 0 Å². The maximum absolute atomic E-state index is 12.3. The molecule has 0 aliphatic carbocycles. The summed E-state index contributed by atoms with van der Waals surface area (Å²) in [5, 5.41) is 0.697. The van der Waals surface area contributed by atoms with Crippen molar-refractivity contribution in [2.24, 2.45) is 5.73 Å². The molecule has 2 aliphatic rings. The average molecular weight is 543 g/mol. The summed E-state index contributed by atoms with van der Waals surface area (Å²) < 4.78 is 33.4. The van der Waals surface area contributed by atoms with Gasteiger partial charge in [0.1, 0.15) is 6.10 Å². The van der Waals surface area contributed by atoms with Gasteiger partial charge in [0.25, 0.3) is 5.19 Å². The Morgan fingerprint density at radius 1 is 1.16 bits per heavy atom. The van der Waals surface area contributed by atoms with E-state index in [0.29, 0.717) is 24.7 Å². The molecule has 1 fully saturated rings. The zero-order chi connectivity index (χ0) is 25.8. The van der Waals surface area contributed by atoms with Gasteiger partial charge in [-0.05, 0) is 41.7 Å². The van der Waals surface area contributed by atoms with E-state index in [1.165, 1.54) is 9.87 Å². The predicted molar refractivity (Wildman–Crippen MR) is 149 cm³/mol. The minimum absolute atomic E-state index is 0.00921. The Bertz CT molecular complexity index is 1350. The molecule has 2 N–H and O–H groups in total. The molecule has 1 aromatic carbocycles. The van der Waals surface area contributed by atoms with Gasteiger partial charge >= 0.3 is 0 Å². The summed E-state index contributed by atoms with van der Waals surface area (Å²) in [7, 11) is -3.28. The first-order chi connectivity index (χ1) is 17.9. The van der Waals surface area contributed by atoms with Crippen LogP contribution in [0.25, 0.3) is 15.8 Å². The molecule has 2 aliphatic heterocycles. The van der Waals surface area contributed by atoms with Crippen LogP contribution >= 0.6 is 11.3 Å². The maximum Gasteiger partial charge on any atom is 0.274 e. The van der Waals surface area contributed by atoms with E-state index in [0.717, 1.165) is 66.1 Å². The van der Waals surface area contributed by atoms with Gasteiger partial charge in [0.05, 0.1) is 16.0 Å². The van der Waals surface area contributed by atoms with Crippen LogP contribution in [-0.4, -0.2) is 72.3 Å². The highest BCUT2D eigenvalue weighted by atomic mass is 32.2. The third-order valence-corrected chi connectivity index (χ3v) is 9.68. The maximum atomic E-state index is 12.3. The molecule has 3 aromatic rings. The van der Waals surface area contributed by atoms with E-state index in [1.807, 2.05) is 24.5 Å². The van der Waals surface area contributed by atoms with Crippen LogP contribution < -0.4 is 15.4 Å². The fourth-order valence-electron chi connectivity index (χ4n) is 4.84. The number of anilines is 1. The number of fused-ring (bicyclic) bond motifs is 1. The molecule has 2 aromatic heterocycles. The highest BCUT2D eigenvalue weighted by Gasteiger charge is 2.25. The number of sulfonamides is 1. The van der Waals surface area contributed by atoms with Gasteiger partial charge in [0.2, 0.25) is 16.0 Å². The van der Waals surface area contributed by atoms with E-state index in [4.69, 9.17) is 15.5 Å². The van der Waals surface area contributed by atoms with Gasteiger partial charge < -0.3 is 15.4 Å². The van der Waals surface area contributed by atoms with Crippen LogP contribution in [0.1, 0.15) is 43.7 Å². The summed E-state index contributed by atoms with van der Waals surface area (Å²) in [6, 6.07) is 6.22. The molecule has 0 saturated carbocycles. The molecule has 0 radical (unpaired) electrons. The van der Waals surface area contributed by atoms with Crippen molar-refractivity contribution in [1.82, 2.24) is 19.3 Å². The Kier molecular flexibility index (Phi) is 8.04. The molecular formula is C26H34N6O3S2. The first-order valence-electron chi connectivity index (χ1n) is 13.0. The standard InChI is InChI=1S/C26H34N6O3S2/c1-2-3-19-17-28-25(29-18-19)31-11-8-22(9-12-31)35-26-30-23-5-4-21(16-24(23)36-26)20-6-13-32(14-7-20)37(33,34)15-10-27/h4-6,16-18,22H,2-3,7-15,27H2,1H3. The molecular weight excluding hydrogens is 508 g/mol. The highest BCUT2D eigenvalue weighted by molar-refractivity contribution is 7.89. The SMILES string of the molecule is CCCc1cnc(N2CCC(Oc3nc4ccc(C5=CCN(S(=O)(=O)CCN)CC5)cc4s3)CC2)nc1. The van der Waals surface area contributed by atoms with Crippen molar-refractivity contribution in [3.8, 4) is 5.19 Å². The second kappa shape index (κ2) is 11.4. The first kappa shape index (κ1) is 26.0. The van der Waals surface area contributed by atoms with Gasteiger partial charge in [-0.1, -0.05) is 36.8 Å². The topological polar surface area (TPSA) is 115 Å². The first-order valence-corrected chi connectivity index (χ1v) is 15.4. The number of rotatable bonds is 9. The number of benzene rings is 1. The lowest BCUT2D eigenvalue weighted by molar-refractivity contribution is 0.170. The van der Waals surface area contributed by atoms with Gasteiger partial charge in [-0.3, -0.25) is 0 Å². The quantitative estimate of drug-likeness (QED) is 0.437. The van der Waals surface area contributed by atoms with Gasteiger partial charge in [-0.2, -0.15) is 4.31 Å². The zero-order valence-corrected chi connectivity index (χ0v) is 22.8. The Morgan fingerprint density at radius 3 is 2.62 bits per heavy atom. The van der Waals surface area contributed by atoms with Crippen molar-refractivity contribution in [3.63, 3.8) is 0 Å². The number of ether oxygens (including phenoxy) is 1. The molecule has 9 nitrogen and oxygen atoms in total. The highest BCUT2D eigenvalue weighted by Crippen LogP contribution is 2.33. The van der Waals surface area contributed by atoms with Gasteiger partial charge in [0, 0.05) is 58.0 Å². The van der Waals surface area contributed by atoms with Crippen LogP contribution in [0, 0.1) is 0 Å². The lowest BCUT2D eigenvalue weighted by Crippen LogP contribution is -2.39. The minimum atomic E-state index is -3.28. The third kappa shape index (κ3) is 6.11. The molecule has 0 amide bonds. The van der Waals surface area contributed by atoms with Crippen molar-refractivity contribution in [1.29, 1.82) is 0 Å². The molecule has 0 spiro atoms. The molecule has 37 heavy (non-hydrogen) atoms. The van der Waals surface area contributed by atoms with Crippen molar-refractivity contribution < 1.29 is 13.2 Å². The second-order valence-corrected chi connectivity index (χ2v) is 12.6. The molecule has 11 heteroatoms. The number of nitrogens with two attached hydrogens (primary N) is 1. The van der Waals surface area contributed by atoms with Crippen LogP contribution in [0.5, 0.6) is 5.19 Å². The summed E-state index contributed by atoms with van der Waals surface area (Å²) in [6.45, 7) is 4.89. The summed E-state index contributed by atoms with van der Waals surface area (Å²) >= 11 is 1.56. The molecule has 0 atom stereocenters. The van der Waals surface area contributed by atoms with E-state index < -0.39 is 10.0 Å². The van der Waals surface area contributed by atoms with Gasteiger partial charge in [-0.25, -0.2) is 23.4 Å². The number of hydrogen-bond donors (Lipinski definition) is 1. The number of aromatic nitrogens is 3. The van der Waals surface area contributed by atoms with E-state index in [-0.39, 0.29) is 18.4 Å². The molecule has 198 valence electrons. The van der Waals surface area contributed by atoms with Crippen molar-refractivity contribution in [2.75, 3.05) is 43.4 Å². The van der Waals surface area contributed by atoms with Crippen LogP contribution in [-0.2, 0) is 16.4 Å². The number of hydrogen-bond acceptors (Lipinski definition) is 9. The number of piperidine rings is 1. The summed E-state index contributed by atoms with van der Waals surface area (Å²) in [5.74, 6) is 0.785. The van der Waals surface area contributed by atoms with Crippen molar-refractivity contribution in [2.45, 2.75) is 45.1 Å². The summed E-state index contributed by atoms with van der Waals surface area (Å²) in [4.78, 5) is 16.0. The smallest absolute Gasteiger partial charge is 0.274 e. The van der Waals surface area contributed by atoms with E-state index in [1.54, 1.807) is 11.3 Å². The fraction of sp³-hybridized carbons (Fsp3) is 0.500. The fourth-order valence-corrected chi connectivity index (χ4v) is 6.99. The van der Waals surface area contributed by atoms with Crippen LogP contribution in [0.4, 0.5) is 5.95 Å². The number of aryl methyl sites for hydroxylation is 1. The Balaban J connectivity index is 1.19. The number of thiazole rings is 1. The molecule has 0 unspecified atom stereocenters. The Labute approximate surface area is 222 Å². The molecule has 0 bridgehead atoms. The Hall–Kier alpha value is -2.60. The number of nitrogens with zero attached hydrogens (tertiary/aromatic N) is 5. The minimum Gasteiger partial charge on any atom is -0.467 e. The van der Waals surface area contributed by atoms with Crippen molar-refractivity contribution >= 4 is 43.1 Å². The largest absolute Gasteiger partial charge is 0.467 e. The lowest BCUT2D eigenvalue weighted by atomic mass is 10.0. The van der Waals surface area contributed by atoms with Crippen LogP contribution in [0.2, 0.25) is 0 Å². The summed E-state index contributed by atoms with van der Waals surface area (Å²) in [5.41, 5.74) is 9.83. The summed E-state index contributed by atoms with van der Waals surface area (Å²) in [6.07, 6.45) is 10.6. The van der Waals surface area contributed by atoms with E-state index in [2.05, 4.69) is 33.9 Å². The molecule has 5 rings (SSSR count). The average Bonchev–Trinajstić information content (AvgIpc) is 3.31. The zero-order valence-electron chi connectivity index (χ0n) is 21.2. The molecule has 4 heterocycles. The monoisotopic (exact) mass is 542 g/mol. The van der Waals surface area contributed by atoms with Crippen LogP contribution in [0.3, 0.4) is 0 Å².